The second-order valence-electron chi connectivity index (χ2n) is 6.28. The highest BCUT2D eigenvalue weighted by Crippen LogP contribution is 2.20. The highest BCUT2D eigenvalue weighted by molar-refractivity contribution is 5.94. The Morgan fingerprint density at radius 3 is 2.58 bits per heavy atom. The maximum atomic E-state index is 13.7. The molecule has 132 valence electrons. The average Bonchev–Trinajstić information content (AvgIpc) is 2.59. The molecule has 0 spiro atoms. The summed E-state index contributed by atoms with van der Waals surface area (Å²) in [5.41, 5.74) is 5.37. The number of nitrogens with one attached hydrogen (secondary N) is 1. The highest BCUT2D eigenvalue weighted by Gasteiger charge is 2.28. The van der Waals surface area contributed by atoms with E-state index >= 15 is 0 Å². The zero-order valence-corrected chi connectivity index (χ0v) is 13.7. The third-order valence-electron chi connectivity index (χ3n) is 4.34. The van der Waals surface area contributed by atoms with E-state index in [4.69, 9.17) is 5.73 Å². The van der Waals surface area contributed by atoms with Gasteiger partial charge in [-0.15, -0.1) is 0 Å². The smallest absolute Gasteiger partial charge is 0.256 e. The Labute approximate surface area is 140 Å². The SMILES string of the molecule is CC(CN)CNC(=O)C1CCN(C(=O)c2ccc(F)cc2F)CC1. The van der Waals surface area contributed by atoms with E-state index in [1.807, 2.05) is 6.92 Å². The summed E-state index contributed by atoms with van der Waals surface area (Å²) in [6.45, 7) is 3.75. The first kappa shape index (κ1) is 18.3. The molecule has 3 N–H and O–H groups in total. The van der Waals surface area contributed by atoms with Crippen LogP contribution in [0.5, 0.6) is 0 Å². The molecule has 5 nitrogen and oxygen atoms in total. The average molecular weight is 339 g/mol. The fourth-order valence-corrected chi connectivity index (χ4v) is 2.68. The number of amides is 2. The van der Waals surface area contributed by atoms with E-state index in [-0.39, 0.29) is 23.3 Å². The fourth-order valence-electron chi connectivity index (χ4n) is 2.68. The first-order chi connectivity index (χ1) is 11.4. The summed E-state index contributed by atoms with van der Waals surface area (Å²) in [7, 11) is 0. The van der Waals surface area contributed by atoms with Gasteiger partial charge < -0.3 is 16.0 Å². The normalized spacial score (nSPS) is 16.8. The Balaban J connectivity index is 1.88. The Bertz CT molecular complexity index is 601. The molecule has 0 saturated carbocycles. The molecule has 1 atom stereocenters. The van der Waals surface area contributed by atoms with Crippen LogP contribution < -0.4 is 11.1 Å². The van der Waals surface area contributed by atoms with Crippen LogP contribution in [0.4, 0.5) is 8.78 Å². The molecule has 0 radical (unpaired) electrons. The lowest BCUT2D eigenvalue weighted by molar-refractivity contribution is -0.126. The maximum absolute atomic E-state index is 13.7. The quantitative estimate of drug-likeness (QED) is 0.854. The van der Waals surface area contributed by atoms with E-state index in [2.05, 4.69) is 5.32 Å². The van der Waals surface area contributed by atoms with Crippen LogP contribution in [0.2, 0.25) is 0 Å². The number of likely N-dealkylation sites (tertiary alicyclic amines) is 1. The molecular weight excluding hydrogens is 316 g/mol. The Kier molecular flexibility index (Phi) is 6.25. The minimum atomic E-state index is -0.865. The molecule has 1 aliphatic heterocycles. The van der Waals surface area contributed by atoms with Crippen LogP contribution in [0.15, 0.2) is 18.2 Å². The van der Waals surface area contributed by atoms with E-state index in [1.165, 1.54) is 4.90 Å². The minimum Gasteiger partial charge on any atom is -0.356 e. The molecular formula is C17H23F2N3O2. The van der Waals surface area contributed by atoms with Gasteiger partial charge in [0, 0.05) is 31.6 Å². The van der Waals surface area contributed by atoms with Crippen molar-refractivity contribution in [2.24, 2.45) is 17.6 Å². The predicted octanol–water partition coefficient (Wildman–Crippen LogP) is 1.53. The second-order valence-corrected chi connectivity index (χ2v) is 6.28. The molecule has 1 aliphatic rings. The summed E-state index contributed by atoms with van der Waals surface area (Å²) >= 11 is 0. The number of nitrogens with zero attached hydrogens (tertiary/aromatic N) is 1. The monoisotopic (exact) mass is 339 g/mol. The number of carbonyl (C=O) groups is 2. The largest absolute Gasteiger partial charge is 0.356 e. The third kappa shape index (κ3) is 4.50. The van der Waals surface area contributed by atoms with E-state index in [0.717, 1.165) is 12.1 Å². The lowest BCUT2D eigenvalue weighted by Gasteiger charge is -2.31. The molecule has 2 amide bonds. The van der Waals surface area contributed by atoms with Crippen LogP contribution in [-0.4, -0.2) is 42.9 Å². The number of hydrogen-bond donors (Lipinski definition) is 2. The summed E-state index contributed by atoms with van der Waals surface area (Å²) in [6.07, 6.45) is 1.05. The molecule has 1 aromatic rings. The van der Waals surface area contributed by atoms with Crippen molar-refractivity contribution in [2.75, 3.05) is 26.2 Å². The van der Waals surface area contributed by atoms with Crippen molar-refractivity contribution in [2.45, 2.75) is 19.8 Å². The first-order valence-electron chi connectivity index (χ1n) is 8.14. The van der Waals surface area contributed by atoms with Crippen LogP contribution in [0.3, 0.4) is 0 Å². The lowest BCUT2D eigenvalue weighted by atomic mass is 9.95. The maximum Gasteiger partial charge on any atom is 0.256 e. The molecule has 1 fully saturated rings. The summed E-state index contributed by atoms with van der Waals surface area (Å²) in [4.78, 5) is 25.9. The molecule has 1 unspecified atom stereocenters. The first-order valence-corrected chi connectivity index (χ1v) is 8.14. The van der Waals surface area contributed by atoms with E-state index in [9.17, 15) is 18.4 Å². The van der Waals surface area contributed by atoms with Crippen molar-refractivity contribution in [3.05, 3.63) is 35.4 Å². The Morgan fingerprint density at radius 2 is 2.00 bits per heavy atom. The van der Waals surface area contributed by atoms with Gasteiger partial charge in [0.15, 0.2) is 0 Å². The van der Waals surface area contributed by atoms with Gasteiger partial charge in [-0.3, -0.25) is 9.59 Å². The summed E-state index contributed by atoms with van der Waals surface area (Å²) in [6, 6.07) is 2.92. The van der Waals surface area contributed by atoms with Crippen LogP contribution in [0.25, 0.3) is 0 Å². The van der Waals surface area contributed by atoms with Crippen LogP contribution in [0.1, 0.15) is 30.1 Å². The molecule has 1 aromatic carbocycles. The van der Waals surface area contributed by atoms with Gasteiger partial charge in [-0.1, -0.05) is 6.92 Å². The Hall–Kier alpha value is -2.02. The molecule has 24 heavy (non-hydrogen) atoms. The van der Waals surface area contributed by atoms with E-state index in [1.54, 1.807) is 0 Å². The van der Waals surface area contributed by atoms with Crippen molar-refractivity contribution < 1.29 is 18.4 Å². The number of carbonyl (C=O) groups excluding carboxylic acids is 2. The summed E-state index contributed by atoms with van der Waals surface area (Å²) < 4.78 is 26.6. The minimum absolute atomic E-state index is 0.0321. The predicted molar refractivity (Wildman–Crippen MR) is 86.2 cm³/mol. The molecule has 7 heteroatoms. The number of halogens is 2. The molecule has 0 aliphatic carbocycles. The zero-order chi connectivity index (χ0) is 17.7. The second kappa shape index (κ2) is 8.19. The van der Waals surface area contributed by atoms with Crippen molar-refractivity contribution in [3.63, 3.8) is 0 Å². The van der Waals surface area contributed by atoms with Gasteiger partial charge in [-0.2, -0.15) is 0 Å². The zero-order valence-electron chi connectivity index (χ0n) is 13.7. The van der Waals surface area contributed by atoms with E-state index < -0.39 is 17.5 Å². The number of hydrogen-bond acceptors (Lipinski definition) is 3. The topological polar surface area (TPSA) is 75.4 Å². The number of piperidine rings is 1. The van der Waals surface area contributed by atoms with Gasteiger partial charge >= 0.3 is 0 Å². The van der Waals surface area contributed by atoms with Crippen LogP contribution in [0, 0.1) is 23.5 Å². The van der Waals surface area contributed by atoms with Gasteiger partial charge in [-0.25, -0.2) is 8.78 Å². The van der Waals surface area contributed by atoms with Gasteiger partial charge in [0.2, 0.25) is 5.91 Å². The Morgan fingerprint density at radius 1 is 1.33 bits per heavy atom. The van der Waals surface area contributed by atoms with Crippen molar-refractivity contribution in [1.29, 1.82) is 0 Å². The molecule has 0 aromatic heterocycles. The summed E-state index contributed by atoms with van der Waals surface area (Å²) in [5, 5.41) is 2.87. The lowest BCUT2D eigenvalue weighted by Crippen LogP contribution is -2.44. The van der Waals surface area contributed by atoms with Crippen molar-refractivity contribution in [3.8, 4) is 0 Å². The van der Waals surface area contributed by atoms with Crippen LogP contribution in [-0.2, 0) is 4.79 Å². The van der Waals surface area contributed by atoms with Crippen LogP contribution >= 0.6 is 0 Å². The van der Waals surface area contributed by atoms with Crippen molar-refractivity contribution >= 4 is 11.8 Å². The van der Waals surface area contributed by atoms with Gasteiger partial charge in [0.25, 0.3) is 5.91 Å². The van der Waals surface area contributed by atoms with Gasteiger partial charge in [-0.05, 0) is 37.4 Å². The number of nitrogens with two attached hydrogens (primary N) is 1. The summed E-state index contributed by atoms with van der Waals surface area (Å²) in [5.74, 6) is -2.02. The standard InChI is InChI=1S/C17H23F2N3O2/c1-11(9-20)10-21-16(23)12-4-6-22(7-5-12)17(24)14-3-2-13(18)8-15(14)19/h2-3,8,11-12H,4-7,9-10,20H2,1H3,(H,21,23). The van der Waals surface area contributed by atoms with Gasteiger partial charge in [0.05, 0.1) is 5.56 Å². The molecule has 1 heterocycles. The fraction of sp³-hybridized carbons (Fsp3) is 0.529. The van der Waals surface area contributed by atoms with E-state index in [0.29, 0.717) is 45.1 Å². The van der Waals surface area contributed by atoms with Gasteiger partial charge in [0.1, 0.15) is 11.6 Å². The molecule has 2 rings (SSSR count). The molecule has 1 saturated heterocycles. The van der Waals surface area contributed by atoms with Crippen molar-refractivity contribution in [1.82, 2.24) is 10.2 Å². The highest BCUT2D eigenvalue weighted by atomic mass is 19.1. The number of benzene rings is 1. The number of rotatable bonds is 5. The third-order valence-corrected chi connectivity index (χ3v) is 4.34. The molecule has 0 bridgehead atoms.